The predicted molar refractivity (Wildman–Crippen MR) is 115 cm³/mol. The lowest BCUT2D eigenvalue weighted by Crippen LogP contribution is -2.55. The van der Waals surface area contributed by atoms with E-state index in [4.69, 9.17) is 0 Å². The highest BCUT2D eigenvalue weighted by atomic mass is 32.1. The van der Waals surface area contributed by atoms with Gasteiger partial charge < -0.3 is 20.2 Å². The summed E-state index contributed by atoms with van der Waals surface area (Å²) in [6, 6.07) is 12.6. The van der Waals surface area contributed by atoms with Gasteiger partial charge in [-0.05, 0) is 48.9 Å². The number of rotatable bonds is 4. The van der Waals surface area contributed by atoms with Crippen molar-refractivity contribution in [3.05, 3.63) is 65.7 Å². The van der Waals surface area contributed by atoms with Gasteiger partial charge in [-0.15, -0.1) is 0 Å². The van der Waals surface area contributed by atoms with E-state index in [0.29, 0.717) is 37.6 Å². The van der Waals surface area contributed by atoms with Crippen LogP contribution in [-0.2, 0) is 6.42 Å². The molecule has 1 aliphatic rings. The van der Waals surface area contributed by atoms with E-state index in [0.717, 1.165) is 10.7 Å². The third-order valence-corrected chi connectivity index (χ3v) is 5.83. The van der Waals surface area contributed by atoms with Crippen molar-refractivity contribution in [1.29, 1.82) is 0 Å². The van der Waals surface area contributed by atoms with Crippen molar-refractivity contribution in [2.75, 3.05) is 29.9 Å². The topological polar surface area (TPSA) is 81.6 Å². The number of urea groups is 1. The van der Waals surface area contributed by atoms with Gasteiger partial charge in [-0.1, -0.05) is 12.1 Å². The SMILES string of the molecule is CC1CN(c2nc(Cc3ccc(F)cc3)ns2)CCN1C(=O)Nc1ccc(O)cc1. The molecule has 2 N–H and O–H groups in total. The number of nitrogens with zero attached hydrogens (tertiary/aromatic N) is 4. The zero-order chi connectivity index (χ0) is 21.1. The second-order valence-electron chi connectivity index (χ2n) is 7.26. The van der Waals surface area contributed by atoms with Crippen LogP contribution in [0.3, 0.4) is 0 Å². The molecule has 1 aliphatic heterocycles. The Morgan fingerprint density at radius 2 is 1.93 bits per heavy atom. The summed E-state index contributed by atoms with van der Waals surface area (Å²) in [5.41, 5.74) is 1.60. The molecule has 2 amide bonds. The number of amides is 2. The second kappa shape index (κ2) is 8.66. The highest BCUT2D eigenvalue weighted by molar-refractivity contribution is 7.09. The number of phenols is 1. The van der Waals surface area contributed by atoms with E-state index in [1.54, 1.807) is 29.2 Å². The molecule has 0 saturated carbocycles. The summed E-state index contributed by atoms with van der Waals surface area (Å²) in [5.74, 6) is 0.611. The molecule has 0 aliphatic carbocycles. The van der Waals surface area contributed by atoms with Gasteiger partial charge in [0.25, 0.3) is 0 Å². The van der Waals surface area contributed by atoms with Crippen LogP contribution in [-0.4, -0.2) is 51.1 Å². The Hall–Kier alpha value is -3.20. The summed E-state index contributed by atoms with van der Waals surface area (Å²) in [6.07, 6.45) is 0.557. The number of carbonyl (C=O) groups is 1. The fourth-order valence-electron chi connectivity index (χ4n) is 3.40. The van der Waals surface area contributed by atoms with Gasteiger partial charge in [0.15, 0.2) is 0 Å². The lowest BCUT2D eigenvalue weighted by Gasteiger charge is -2.39. The molecule has 2 aromatic carbocycles. The summed E-state index contributed by atoms with van der Waals surface area (Å²) in [6.45, 7) is 3.90. The van der Waals surface area contributed by atoms with Crippen LogP contribution in [0.5, 0.6) is 5.75 Å². The molecule has 2 heterocycles. The Balaban J connectivity index is 1.35. The normalized spacial score (nSPS) is 16.5. The monoisotopic (exact) mass is 427 g/mol. The fourth-order valence-corrected chi connectivity index (χ4v) is 4.12. The van der Waals surface area contributed by atoms with Crippen LogP contribution in [0.2, 0.25) is 0 Å². The number of piperazine rings is 1. The molecule has 0 radical (unpaired) electrons. The van der Waals surface area contributed by atoms with Crippen molar-refractivity contribution in [3.63, 3.8) is 0 Å². The van der Waals surface area contributed by atoms with Crippen LogP contribution >= 0.6 is 11.5 Å². The molecule has 156 valence electrons. The largest absolute Gasteiger partial charge is 0.508 e. The first-order chi connectivity index (χ1) is 14.5. The molecule has 1 aromatic heterocycles. The van der Waals surface area contributed by atoms with Crippen LogP contribution in [0.25, 0.3) is 0 Å². The van der Waals surface area contributed by atoms with E-state index >= 15 is 0 Å². The molecule has 7 nitrogen and oxygen atoms in total. The molecular formula is C21H22FN5O2S. The van der Waals surface area contributed by atoms with Gasteiger partial charge in [0.05, 0.1) is 0 Å². The molecule has 4 rings (SSSR count). The Morgan fingerprint density at radius 1 is 1.20 bits per heavy atom. The first-order valence-electron chi connectivity index (χ1n) is 9.66. The average molecular weight is 428 g/mol. The van der Waals surface area contributed by atoms with Gasteiger partial charge in [-0.2, -0.15) is 4.37 Å². The number of halogens is 1. The van der Waals surface area contributed by atoms with Crippen molar-refractivity contribution >= 4 is 28.4 Å². The second-order valence-corrected chi connectivity index (χ2v) is 7.99. The quantitative estimate of drug-likeness (QED) is 0.621. The number of aromatic hydroxyl groups is 1. The van der Waals surface area contributed by atoms with Gasteiger partial charge in [0, 0.05) is 49.3 Å². The lowest BCUT2D eigenvalue weighted by atomic mass is 10.1. The number of hydrogen-bond acceptors (Lipinski definition) is 6. The van der Waals surface area contributed by atoms with Crippen LogP contribution in [0.15, 0.2) is 48.5 Å². The maximum atomic E-state index is 13.1. The number of hydrogen-bond donors (Lipinski definition) is 2. The predicted octanol–water partition coefficient (Wildman–Crippen LogP) is 3.72. The molecular weight excluding hydrogens is 405 g/mol. The molecule has 9 heteroatoms. The molecule has 1 atom stereocenters. The molecule has 0 spiro atoms. The maximum Gasteiger partial charge on any atom is 0.322 e. The van der Waals surface area contributed by atoms with Gasteiger partial charge in [0.2, 0.25) is 5.13 Å². The molecule has 1 saturated heterocycles. The van der Waals surface area contributed by atoms with Crippen molar-refractivity contribution in [2.24, 2.45) is 0 Å². The van der Waals surface area contributed by atoms with E-state index in [9.17, 15) is 14.3 Å². The number of phenolic OH excluding ortho intramolecular Hbond substituents is 1. The highest BCUT2D eigenvalue weighted by Gasteiger charge is 2.29. The van der Waals surface area contributed by atoms with E-state index in [1.165, 1.54) is 35.8 Å². The summed E-state index contributed by atoms with van der Waals surface area (Å²) in [4.78, 5) is 21.2. The van der Waals surface area contributed by atoms with Crippen LogP contribution in [0.1, 0.15) is 18.3 Å². The van der Waals surface area contributed by atoms with Gasteiger partial charge in [-0.25, -0.2) is 14.2 Å². The average Bonchev–Trinajstić information content (AvgIpc) is 3.20. The van der Waals surface area contributed by atoms with Crippen molar-refractivity contribution in [2.45, 2.75) is 19.4 Å². The molecule has 0 bridgehead atoms. The van der Waals surface area contributed by atoms with Crippen LogP contribution in [0.4, 0.5) is 20.0 Å². The van der Waals surface area contributed by atoms with E-state index in [2.05, 4.69) is 19.6 Å². The van der Waals surface area contributed by atoms with Gasteiger partial charge >= 0.3 is 6.03 Å². The summed E-state index contributed by atoms with van der Waals surface area (Å²) in [7, 11) is 0. The summed E-state index contributed by atoms with van der Waals surface area (Å²) >= 11 is 1.34. The molecule has 30 heavy (non-hydrogen) atoms. The third kappa shape index (κ3) is 4.68. The standard InChI is InChI=1S/C21H22FN5O2S/c1-14-13-26(10-11-27(14)20(29)23-17-6-8-18(28)9-7-17)21-24-19(25-30-21)12-15-2-4-16(22)5-3-15/h2-9,14,28H,10-13H2,1H3,(H,23,29). The smallest absolute Gasteiger partial charge is 0.322 e. The Kier molecular flexibility index (Phi) is 5.80. The third-order valence-electron chi connectivity index (χ3n) is 5.01. The summed E-state index contributed by atoms with van der Waals surface area (Å²) in [5, 5.41) is 13.1. The molecule has 1 fully saturated rings. The molecule has 3 aromatic rings. The number of anilines is 2. The zero-order valence-electron chi connectivity index (χ0n) is 16.5. The number of nitrogens with one attached hydrogen (secondary N) is 1. The number of aromatic nitrogens is 2. The van der Waals surface area contributed by atoms with Gasteiger partial charge in [-0.3, -0.25) is 0 Å². The van der Waals surface area contributed by atoms with Gasteiger partial charge in [0.1, 0.15) is 17.4 Å². The maximum absolute atomic E-state index is 13.1. The minimum absolute atomic E-state index is 0.000290. The Labute approximate surface area is 178 Å². The first-order valence-corrected chi connectivity index (χ1v) is 10.4. The number of carbonyl (C=O) groups excluding carboxylic acids is 1. The van der Waals surface area contributed by atoms with E-state index in [-0.39, 0.29) is 23.6 Å². The van der Waals surface area contributed by atoms with Crippen LogP contribution in [0, 0.1) is 5.82 Å². The van der Waals surface area contributed by atoms with Crippen molar-refractivity contribution in [3.8, 4) is 5.75 Å². The van der Waals surface area contributed by atoms with Crippen molar-refractivity contribution in [1.82, 2.24) is 14.3 Å². The highest BCUT2D eigenvalue weighted by Crippen LogP contribution is 2.23. The number of benzene rings is 2. The van der Waals surface area contributed by atoms with Crippen molar-refractivity contribution < 1.29 is 14.3 Å². The first kappa shape index (κ1) is 20.1. The zero-order valence-corrected chi connectivity index (χ0v) is 17.3. The molecule has 1 unspecified atom stereocenters. The van der Waals surface area contributed by atoms with Crippen LogP contribution < -0.4 is 10.2 Å². The lowest BCUT2D eigenvalue weighted by molar-refractivity contribution is 0.185. The summed E-state index contributed by atoms with van der Waals surface area (Å²) < 4.78 is 17.5. The van der Waals surface area contributed by atoms with E-state index in [1.807, 2.05) is 6.92 Å². The van der Waals surface area contributed by atoms with E-state index < -0.39 is 0 Å². The Bertz CT molecular complexity index is 1010. The fraction of sp³-hybridized carbons (Fsp3) is 0.286. The minimum Gasteiger partial charge on any atom is -0.508 e. The minimum atomic E-state index is -0.257. The Morgan fingerprint density at radius 3 is 2.63 bits per heavy atom.